The molecule has 0 atom stereocenters. The number of hydrogen-bond acceptors (Lipinski definition) is 1. The van der Waals surface area contributed by atoms with E-state index in [9.17, 15) is 4.79 Å². The molecule has 0 fully saturated rings. The second-order valence-corrected chi connectivity index (χ2v) is 4.34. The van der Waals surface area contributed by atoms with Crippen molar-refractivity contribution < 1.29 is 4.79 Å². The summed E-state index contributed by atoms with van der Waals surface area (Å²) >= 11 is 6.15. The van der Waals surface area contributed by atoms with Gasteiger partial charge in [-0.05, 0) is 25.0 Å². The number of nitrogens with zero attached hydrogens (tertiary/aromatic N) is 1. The van der Waals surface area contributed by atoms with Crippen LogP contribution in [0, 0.1) is 6.92 Å². The molecule has 1 amide bonds. The summed E-state index contributed by atoms with van der Waals surface area (Å²) in [6.45, 7) is 6.40. The quantitative estimate of drug-likeness (QED) is 0.783. The van der Waals surface area contributed by atoms with E-state index in [4.69, 9.17) is 11.6 Å². The fourth-order valence-corrected chi connectivity index (χ4v) is 2.03. The molecule has 88 valence electrons. The van der Waals surface area contributed by atoms with E-state index in [1.54, 1.807) is 11.8 Å². The van der Waals surface area contributed by atoms with Crippen molar-refractivity contribution in [2.24, 2.45) is 0 Å². The first-order valence-corrected chi connectivity index (χ1v) is 5.99. The average Bonchev–Trinajstić information content (AvgIpc) is 2.21. The second-order valence-electron chi connectivity index (χ2n) is 3.93. The maximum absolute atomic E-state index is 11.6. The Balaban J connectivity index is 3.05. The standard InChI is InChI=1S/C13H18ClNO/c1-4-5-9-15(11(3)16)13-10(2)7-6-8-12(13)14/h6-8H,4-5,9H2,1-3H3. The summed E-state index contributed by atoms with van der Waals surface area (Å²) in [5.41, 5.74) is 1.89. The summed E-state index contributed by atoms with van der Waals surface area (Å²) in [6.07, 6.45) is 2.05. The largest absolute Gasteiger partial charge is 0.311 e. The average molecular weight is 240 g/mol. The Morgan fingerprint density at radius 3 is 2.62 bits per heavy atom. The third-order valence-electron chi connectivity index (χ3n) is 2.57. The molecule has 1 aromatic carbocycles. The van der Waals surface area contributed by atoms with Crippen LogP contribution in [-0.2, 0) is 4.79 Å². The van der Waals surface area contributed by atoms with Crippen LogP contribution in [0.15, 0.2) is 18.2 Å². The molecule has 0 spiro atoms. The van der Waals surface area contributed by atoms with E-state index in [1.165, 1.54) is 0 Å². The Morgan fingerprint density at radius 1 is 1.44 bits per heavy atom. The molecule has 16 heavy (non-hydrogen) atoms. The van der Waals surface area contributed by atoms with Crippen molar-refractivity contribution in [3.8, 4) is 0 Å². The van der Waals surface area contributed by atoms with Crippen LogP contribution in [0.3, 0.4) is 0 Å². The predicted octanol–water partition coefficient (Wildman–Crippen LogP) is 3.80. The lowest BCUT2D eigenvalue weighted by atomic mass is 10.1. The number of para-hydroxylation sites is 1. The van der Waals surface area contributed by atoms with Gasteiger partial charge in [-0.3, -0.25) is 4.79 Å². The molecule has 3 heteroatoms. The number of hydrogen-bond donors (Lipinski definition) is 0. The van der Waals surface area contributed by atoms with E-state index < -0.39 is 0 Å². The lowest BCUT2D eigenvalue weighted by Crippen LogP contribution is -2.30. The zero-order chi connectivity index (χ0) is 12.1. The van der Waals surface area contributed by atoms with Gasteiger partial charge in [0.15, 0.2) is 0 Å². The van der Waals surface area contributed by atoms with Crippen LogP contribution in [0.5, 0.6) is 0 Å². The number of halogens is 1. The smallest absolute Gasteiger partial charge is 0.223 e. The summed E-state index contributed by atoms with van der Waals surface area (Å²) in [4.78, 5) is 13.4. The summed E-state index contributed by atoms with van der Waals surface area (Å²) < 4.78 is 0. The first-order chi connectivity index (χ1) is 7.57. The second kappa shape index (κ2) is 5.90. The van der Waals surface area contributed by atoms with Crippen molar-refractivity contribution >= 4 is 23.2 Å². The molecule has 0 aliphatic heterocycles. The number of amides is 1. The van der Waals surface area contributed by atoms with Gasteiger partial charge < -0.3 is 4.90 Å². The molecule has 0 saturated carbocycles. The number of carbonyl (C=O) groups is 1. The van der Waals surface area contributed by atoms with Crippen molar-refractivity contribution in [1.82, 2.24) is 0 Å². The molecule has 0 heterocycles. The Morgan fingerprint density at radius 2 is 2.12 bits per heavy atom. The third kappa shape index (κ3) is 2.99. The SMILES string of the molecule is CCCCN(C(C)=O)c1c(C)cccc1Cl. The molecule has 0 aliphatic carbocycles. The fraction of sp³-hybridized carbons (Fsp3) is 0.462. The number of aryl methyl sites for hydroxylation is 1. The van der Waals surface area contributed by atoms with Crippen LogP contribution in [0.4, 0.5) is 5.69 Å². The van der Waals surface area contributed by atoms with E-state index in [0.717, 1.165) is 30.6 Å². The first kappa shape index (κ1) is 13.0. The number of unbranched alkanes of at least 4 members (excludes halogenated alkanes) is 1. The van der Waals surface area contributed by atoms with Crippen LogP contribution in [-0.4, -0.2) is 12.5 Å². The van der Waals surface area contributed by atoms with Gasteiger partial charge in [0.25, 0.3) is 0 Å². The van der Waals surface area contributed by atoms with Gasteiger partial charge in [0.05, 0.1) is 10.7 Å². The van der Waals surface area contributed by atoms with Gasteiger partial charge >= 0.3 is 0 Å². The van der Waals surface area contributed by atoms with Crippen LogP contribution in [0.2, 0.25) is 5.02 Å². The van der Waals surface area contributed by atoms with Crippen molar-refractivity contribution in [2.75, 3.05) is 11.4 Å². The Kier molecular flexibility index (Phi) is 4.81. The molecule has 0 radical (unpaired) electrons. The molecular weight excluding hydrogens is 222 g/mol. The Hall–Kier alpha value is -1.02. The minimum Gasteiger partial charge on any atom is -0.311 e. The van der Waals surface area contributed by atoms with Gasteiger partial charge in [-0.2, -0.15) is 0 Å². The summed E-state index contributed by atoms with van der Waals surface area (Å²) in [5.74, 6) is 0.0460. The Bertz CT molecular complexity index is 356. The number of rotatable bonds is 4. The Labute approximate surface area is 102 Å². The van der Waals surface area contributed by atoms with Crippen LogP contribution in [0.1, 0.15) is 32.3 Å². The van der Waals surface area contributed by atoms with Crippen LogP contribution >= 0.6 is 11.6 Å². The van der Waals surface area contributed by atoms with E-state index in [2.05, 4.69) is 6.92 Å². The fourth-order valence-electron chi connectivity index (χ4n) is 1.71. The van der Waals surface area contributed by atoms with E-state index in [1.807, 2.05) is 25.1 Å². The molecule has 0 bridgehead atoms. The van der Waals surface area contributed by atoms with Crippen molar-refractivity contribution in [2.45, 2.75) is 33.6 Å². The first-order valence-electron chi connectivity index (χ1n) is 5.61. The van der Waals surface area contributed by atoms with Crippen LogP contribution in [0.25, 0.3) is 0 Å². The highest BCUT2D eigenvalue weighted by Gasteiger charge is 2.15. The monoisotopic (exact) mass is 239 g/mol. The maximum atomic E-state index is 11.6. The molecule has 1 aromatic rings. The third-order valence-corrected chi connectivity index (χ3v) is 2.88. The summed E-state index contributed by atoms with van der Waals surface area (Å²) in [7, 11) is 0. The van der Waals surface area contributed by atoms with Gasteiger partial charge in [-0.25, -0.2) is 0 Å². The maximum Gasteiger partial charge on any atom is 0.223 e. The highest BCUT2D eigenvalue weighted by atomic mass is 35.5. The van der Waals surface area contributed by atoms with Gasteiger partial charge in [0, 0.05) is 13.5 Å². The zero-order valence-corrected chi connectivity index (χ0v) is 10.8. The topological polar surface area (TPSA) is 20.3 Å². The number of anilines is 1. The van der Waals surface area contributed by atoms with E-state index in [0.29, 0.717) is 5.02 Å². The number of benzene rings is 1. The molecule has 0 saturated heterocycles. The molecular formula is C13H18ClNO. The minimum atomic E-state index is 0.0460. The van der Waals surface area contributed by atoms with Gasteiger partial charge in [0.2, 0.25) is 5.91 Å². The molecule has 0 unspecified atom stereocenters. The molecule has 2 nitrogen and oxygen atoms in total. The van der Waals surface area contributed by atoms with Gasteiger partial charge in [-0.15, -0.1) is 0 Å². The van der Waals surface area contributed by atoms with Gasteiger partial charge in [-0.1, -0.05) is 37.1 Å². The predicted molar refractivity (Wildman–Crippen MR) is 69.1 cm³/mol. The molecule has 0 aliphatic rings. The molecule has 0 aromatic heterocycles. The van der Waals surface area contributed by atoms with Crippen molar-refractivity contribution in [1.29, 1.82) is 0 Å². The summed E-state index contributed by atoms with van der Waals surface area (Å²) in [6, 6.07) is 5.70. The van der Waals surface area contributed by atoms with E-state index >= 15 is 0 Å². The lowest BCUT2D eigenvalue weighted by molar-refractivity contribution is -0.116. The van der Waals surface area contributed by atoms with Crippen molar-refractivity contribution in [3.63, 3.8) is 0 Å². The zero-order valence-electron chi connectivity index (χ0n) is 10.1. The van der Waals surface area contributed by atoms with Gasteiger partial charge in [0.1, 0.15) is 0 Å². The summed E-state index contributed by atoms with van der Waals surface area (Å²) in [5, 5.41) is 0.645. The minimum absolute atomic E-state index is 0.0460. The van der Waals surface area contributed by atoms with E-state index in [-0.39, 0.29) is 5.91 Å². The normalized spacial score (nSPS) is 10.2. The van der Waals surface area contributed by atoms with Crippen LogP contribution < -0.4 is 4.90 Å². The molecule has 0 N–H and O–H groups in total. The van der Waals surface area contributed by atoms with Crippen molar-refractivity contribution in [3.05, 3.63) is 28.8 Å². The highest BCUT2D eigenvalue weighted by molar-refractivity contribution is 6.34. The molecule has 1 rings (SSSR count). The highest BCUT2D eigenvalue weighted by Crippen LogP contribution is 2.29. The lowest BCUT2D eigenvalue weighted by Gasteiger charge is -2.24. The number of carbonyl (C=O) groups excluding carboxylic acids is 1.